The largest absolute Gasteiger partial charge is 0.490 e. The Morgan fingerprint density at radius 3 is 2.35 bits per heavy atom. The molecule has 0 radical (unpaired) electrons. The maximum atomic E-state index is 13.7. The number of nitrogens with one attached hydrogen (secondary N) is 2. The summed E-state index contributed by atoms with van der Waals surface area (Å²) in [5.41, 5.74) is 1.45. The lowest BCUT2D eigenvalue weighted by atomic mass is 10.0. The zero-order valence-corrected chi connectivity index (χ0v) is 23.0. The van der Waals surface area contributed by atoms with Crippen LogP contribution in [0.15, 0.2) is 59.1 Å². The van der Waals surface area contributed by atoms with E-state index in [1.165, 1.54) is 6.07 Å². The fourth-order valence-corrected chi connectivity index (χ4v) is 4.44. The van der Waals surface area contributed by atoms with E-state index >= 15 is 0 Å². The third-order valence-electron chi connectivity index (χ3n) is 6.17. The molecule has 214 valence electrons. The number of ether oxygens (including phenoxy) is 1. The Labute approximate surface area is 236 Å². The van der Waals surface area contributed by atoms with Gasteiger partial charge in [0, 0.05) is 17.1 Å². The molecule has 1 heterocycles. The van der Waals surface area contributed by atoms with E-state index in [-0.39, 0.29) is 36.4 Å². The lowest BCUT2D eigenvalue weighted by Gasteiger charge is -2.26. The highest BCUT2D eigenvalue weighted by molar-refractivity contribution is 9.10. The second kappa shape index (κ2) is 13.1. The van der Waals surface area contributed by atoms with Crippen molar-refractivity contribution in [1.82, 2.24) is 10.6 Å². The molecule has 13 heteroatoms. The maximum absolute atomic E-state index is 13.7. The van der Waals surface area contributed by atoms with Crippen LogP contribution in [0.5, 0.6) is 5.75 Å². The molecule has 0 saturated carbocycles. The topological polar surface area (TPSA) is 128 Å². The molecule has 3 aromatic carbocycles. The van der Waals surface area contributed by atoms with Crippen LogP contribution < -0.4 is 20.3 Å². The number of aliphatic carboxylic acids is 1. The molecule has 40 heavy (non-hydrogen) atoms. The molecule has 0 aromatic heterocycles. The van der Waals surface area contributed by atoms with Gasteiger partial charge in [0.25, 0.3) is 0 Å². The molecule has 1 amide bonds. The number of carbonyl (C=O) groups is 3. The molecule has 0 spiro atoms. The number of nitrogens with zero attached hydrogens (tertiary/aromatic N) is 1. The third-order valence-corrected chi connectivity index (χ3v) is 6.86. The summed E-state index contributed by atoms with van der Waals surface area (Å²) in [6, 6.07) is 16.3. The van der Waals surface area contributed by atoms with Crippen molar-refractivity contribution in [2.75, 3.05) is 25.1 Å². The standard InChI is InChI=1S/C25H26BrN3O4.C2HF3O2/c1-15(27-2)12-28-21-14-33-23-19(25(31)32)8-5-9-22(23)29(24(21)30)13-16-10-11-20(26)18-7-4-3-6-17(16)18;3-2(4,5)1(6)7/h3-11,15,21,27-28H,12-14H2,1-2H3,(H,31,32);(H,6,7)/t15-,21-;/m0./s1. The van der Waals surface area contributed by atoms with Gasteiger partial charge >= 0.3 is 18.1 Å². The van der Waals surface area contributed by atoms with Gasteiger partial charge < -0.3 is 30.5 Å². The number of aromatic carboxylic acids is 1. The first kappa shape index (κ1) is 30.9. The van der Waals surface area contributed by atoms with Gasteiger partial charge in [-0.05, 0) is 48.5 Å². The van der Waals surface area contributed by atoms with E-state index in [4.69, 9.17) is 14.6 Å². The molecule has 3 aromatic rings. The third kappa shape index (κ3) is 7.29. The van der Waals surface area contributed by atoms with Gasteiger partial charge in [0.05, 0.1) is 12.2 Å². The van der Waals surface area contributed by atoms with Gasteiger partial charge in [-0.2, -0.15) is 13.2 Å². The minimum Gasteiger partial charge on any atom is -0.488 e. The first-order chi connectivity index (χ1) is 18.8. The van der Waals surface area contributed by atoms with Crippen molar-refractivity contribution >= 4 is 50.2 Å². The average Bonchev–Trinajstić information content (AvgIpc) is 3.04. The minimum absolute atomic E-state index is 0.0372. The highest BCUT2D eigenvalue weighted by atomic mass is 79.9. The van der Waals surface area contributed by atoms with Crippen molar-refractivity contribution in [1.29, 1.82) is 0 Å². The molecule has 1 aliphatic rings. The van der Waals surface area contributed by atoms with Gasteiger partial charge in [0.1, 0.15) is 18.2 Å². The predicted octanol–water partition coefficient (Wildman–Crippen LogP) is 4.43. The number of anilines is 1. The van der Waals surface area contributed by atoms with Crippen LogP contribution in [-0.2, 0) is 16.1 Å². The number of alkyl halides is 3. The zero-order chi connectivity index (χ0) is 29.6. The van der Waals surface area contributed by atoms with Crippen LogP contribution in [0.3, 0.4) is 0 Å². The molecule has 1 aliphatic heterocycles. The monoisotopic (exact) mass is 625 g/mol. The second-order valence-corrected chi connectivity index (χ2v) is 9.75. The average molecular weight is 626 g/mol. The van der Waals surface area contributed by atoms with Crippen molar-refractivity contribution in [2.45, 2.75) is 31.7 Å². The van der Waals surface area contributed by atoms with E-state index < -0.39 is 24.2 Å². The predicted molar refractivity (Wildman–Crippen MR) is 146 cm³/mol. The number of rotatable bonds is 7. The lowest BCUT2D eigenvalue weighted by molar-refractivity contribution is -0.192. The molecule has 9 nitrogen and oxygen atoms in total. The summed E-state index contributed by atoms with van der Waals surface area (Å²) < 4.78 is 38.6. The zero-order valence-electron chi connectivity index (χ0n) is 21.5. The number of hydrogen-bond donors (Lipinski definition) is 4. The second-order valence-electron chi connectivity index (χ2n) is 8.90. The van der Waals surface area contributed by atoms with Crippen molar-refractivity contribution in [3.05, 3.63) is 70.2 Å². The molecule has 0 aliphatic carbocycles. The molecular weight excluding hydrogens is 599 g/mol. The summed E-state index contributed by atoms with van der Waals surface area (Å²) in [4.78, 5) is 36.1. The normalized spacial score (nSPS) is 15.8. The number of fused-ring (bicyclic) bond motifs is 2. The Bertz CT molecular complexity index is 1400. The summed E-state index contributed by atoms with van der Waals surface area (Å²) >= 11 is 3.60. The lowest BCUT2D eigenvalue weighted by Crippen LogP contribution is -2.51. The number of likely N-dealkylation sites (N-methyl/N-ethyl adjacent to an activating group) is 1. The fourth-order valence-electron chi connectivity index (χ4n) is 3.97. The van der Waals surface area contributed by atoms with Crippen LogP contribution >= 0.6 is 15.9 Å². The Hall–Kier alpha value is -3.68. The van der Waals surface area contributed by atoms with Crippen LogP contribution in [0.1, 0.15) is 22.8 Å². The summed E-state index contributed by atoms with van der Waals surface area (Å²) in [5, 5.41) is 25.3. The van der Waals surface area contributed by atoms with E-state index in [1.807, 2.05) is 50.4 Å². The van der Waals surface area contributed by atoms with Crippen molar-refractivity contribution < 1.29 is 42.5 Å². The Morgan fingerprint density at radius 1 is 1.10 bits per heavy atom. The van der Waals surface area contributed by atoms with Crippen LogP contribution in [0.25, 0.3) is 10.8 Å². The highest BCUT2D eigenvalue weighted by Crippen LogP contribution is 2.37. The number of hydrogen-bond acceptors (Lipinski definition) is 6. The Morgan fingerprint density at radius 2 is 1.75 bits per heavy atom. The maximum Gasteiger partial charge on any atom is 0.490 e. The fraction of sp³-hybridized carbons (Fsp3) is 0.296. The summed E-state index contributed by atoms with van der Waals surface area (Å²) in [7, 11) is 1.86. The van der Waals surface area contributed by atoms with Crippen molar-refractivity contribution in [3.63, 3.8) is 0 Å². The number of carboxylic acid groups (broad SMARTS) is 2. The number of benzene rings is 3. The first-order valence-electron chi connectivity index (χ1n) is 12.0. The van der Waals surface area contributed by atoms with E-state index in [0.717, 1.165) is 20.8 Å². The quantitative estimate of drug-likeness (QED) is 0.304. The molecule has 0 unspecified atom stereocenters. The van der Waals surface area contributed by atoms with Crippen LogP contribution in [0, 0.1) is 0 Å². The van der Waals surface area contributed by atoms with Crippen LogP contribution in [0.2, 0.25) is 0 Å². The number of halogens is 4. The van der Waals surface area contributed by atoms with Gasteiger partial charge in [-0.15, -0.1) is 0 Å². The molecule has 0 saturated heterocycles. The smallest absolute Gasteiger partial charge is 0.488 e. The van der Waals surface area contributed by atoms with Gasteiger partial charge in [0.15, 0.2) is 5.75 Å². The SMILES string of the molecule is CN[C@@H](C)CN[C@H]1COc2c(C(=O)O)cccc2N(Cc2ccc(Br)c3ccccc23)C1=O.O=C(O)C(F)(F)F. The highest BCUT2D eigenvalue weighted by Gasteiger charge is 2.38. The molecular formula is C27H27BrF3N3O6. The van der Waals surface area contributed by atoms with Crippen LogP contribution in [-0.4, -0.2) is 66.5 Å². The number of para-hydroxylation sites is 1. The molecule has 0 bridgehead atoms. The first-order valence-corrected chi connectivity index (χ1v) is 12.8. The van der Waals surface area contributed by atoms with E-state index in [1.54, 1.807) is 17.0 Å². The molecule has 4 rings (SSSR count). The van der Waals surface area contributed by atoms with Gasteiger partial charge in [-0.3, -0.25) is 4.79 Å². The Kier molecular flexibility index (Phi) is 10.1. The minimum atomic E-state index is -5.08. The van der Waals surface area contributed by atoms with E-state index in [0.29, 0.717) is 12.2 Å². The van der Waals surface area contributed by atoms with Gasteiger partial charge in [0.2, 0.25) is 5.91 Å². The van der Waals surface area contributed by atoms with Crippen molar-refractivity contribution in [3.8, 4) is 5.75 Å². The van der Waals surface area contributed by atoms with Gasteiger partial charge in [-0.25, -0.2) is 9.59 Å². The molecule has 0 fully saturated rings. The molecule has 4 N–H and O–H groups in total. The van der Waals surface area contributed by atoms with Crippen LogP contribution in [0.4, 0.5) is 18.9 Å². The number of amides is 1. The van der Waals surface area contributed by atoms with Gasteiger partial charge in [-0.1, -0.05) is 52.3 Å². The summed E-state index contributed by atoms with van der Waals surface area (Å²) in [6.45, 7) is 2.90. The van der Waals surface area contributed by atoms with E-state index in [2.05, 4.69) is 26.6 Å². The number of carbonyl (C=O) groups excluding carboxylic acids is 1. The summed E-state index contributed by atoms with van der Waals surface area (Å²) in [5.74, 6) is -3.80. The summed E-state index contributed by atoms with van der Waals surface area (Å²) in [6.07, 6.45) is -5.08. The van der Waals surface area contributed by atoms with Crippen molar-refractivity contribution in [2.24, 2.45) is 0 Å². The van der Waals surface area contributed by atoms with E-state index in [9.17, 15) is 27.9 Å². The Balaban J connectivity index is 0.000000559. The molecule has 2 atom stereocenters. The number of carboxylic acids is 2.